The predicted molar refractivity (Wildman–Crippen MR) is 64.7 cm³/mol. The Balaban J connectivity index is 1.85. The Morgan fingerprint density at radius 1 is 1.20 bits per heavy atom. The highest BCUT2D eigenvalue weighted by Crippen LogP contribution is 2.39. The van der Waals surface area contributed by atoms with Crippen molar-refractivity contribution < 1.29 is 0 Å². The molecule has 0 aromatic rings. The molecule has 0 aliphatic heterocycles. The van der Waals surface area contributed by atoms with Crippen LogP contribution in [0.2, 0.25) is 0 Å². The summed E-state index contributed by atoms with van der Waals surface area (Å²) in [6.45, 7) is 6.79. The molecule has 0 heterocycles. The van der Waals surface area contributed by atoms with Crippen molar-refractivity contribution in [2.24, 2.45) is 17.6 Å². The largest absolute Gasteiger partial charge is 0.329 e. The van der Waals surface area contributed by atoms with E-state index < -0.39 is 0 Å². The van der Waals surface area contributed by atoms with Gasteiger partial charge < -0.3 is 5.73 Å². The van der Waals surface area contributed by atoms with Crippen LogP contribution in [0.1, 0.15) is 46.0 Å². The molecule has 1 atom stereocenters. The van der Waals surface area contributed by atoms with Gasteiger partial charge in [0.1, 0.15) is 0 Å². The molecule has 0 aromatic heterocycles. The Morgan fingerprint density at radius 3 is 2.27 bits per heavy atom. The van der Waals surface area contributed by atoms with Crippen LogP contribution in [0.3, 0.4) is 0 Å². The van der Waals surface area contributed by atoms with Gasteiger partial charge in [0.25, 0.3) is 0 Å². The van der Waals surface area contributed by atoms with Gasteiger partial charge in [0, 0.05) is 18.6 Å². The Hall–Kier alpha value is -0.0800. The molecule has 15 heavy (non-hydrogen) atoms. The summed E-state index contributed by atoms with van der Waals surface area (Å²) < 4.78 is 0. The van der Waals surface area contributed by atoms with E-state index in [4.69, 9.17) is 5.73 Å². The molecule has 0 saturated heterocycles. The van der Waals surface area contributed by atoms with Crippen molar-refractivity contribution in [2.75, 3.05) is 13.1 Å². The number of nitrogens with two attached hydrogens (primary N) is 1. The van der Waals surface area contributed by atoms with Crippen LogP contribution >= 0.6 is 0 Å². The summed E-state index contributed by atoms with van der Waals surface area (Å²) in [6.07, 6.45) is 7.02. The molecule has 0 bridgehead atoms. The standard InChI is InChI=1S/C13H26N2/c1-10(2)7-8-15(12-5-6-12)13(9-14)11-3-4-11/h10-13H,3-9,14H2,1-2H3. The summed E-state index contributed by atoms with van der Waals surface area (Å²) in [6, 6.07) is 1.59. The maximum atomic E-state index is 5.94. The third kappa shape index (κ3) is 3.18. The monoisotopic (exact) mass is 210 g/mol. The second-order valence-corrected chi connectivity index (χ2v) is 5.79. The van der Waals surface area contributed by atoms with Gasteiger partial charge >= 0.3 is 0 Å². The topological polar surface area (TPSA) is 29.3 Å². The summed E-state index contributed by atoms with van der Waals surface area (Å²) in [5.41, 5.74) is 5.94. The molecule has 2 rings (SSSR count). The molecule has 88 valence electrons. The summed E-state index contributed by atoms with van der Waals surface area (Å²) in [5.74, 6) is 1.76. The first-order chi connectivity index (χ1) is 7.22. The van der Waals surface area contributed by atoms with Gasteiger partial charge in [0.15, 0.2) is 0 Å². The molecule has 0 spiro atoms. The van der Waals surface area contributed by atoms with Crippen molar-refractivity contribution in [3.8, 4) is 0 Å². The molecule has 2 fully saturated rings. The van der Waals surface area contributed by atoms with Gasteiger partial charge in [0.05, 0.1) is 0 Å². The average molecular weight is 210 g/mol. The molecule has 2 N–H and O–H groups in total. The lowest BCUT2D eigenvalue weighted by Crippen LogP contribution is -2.44. The van der Waals surface area contributed by atoms with Gasteiger partial charge in [-0.15, -0.1) is 0 Å². The first-order valence-electron chi connectivity index (χ1n) is 6.68. The Kier molecular flexibility index (Phi) is 3.68. The average Bonchev–Trinajstić information content (AvgIpc) is 3.01. The molecule has 2 aliphatic carbocycles. The van der Waals surface area contributed by atoms with E-state index in [2.05, 4.69) is 18.7 Å². The zero-order valence-electron chi connectivity index (χ0n) is 10.3. The Labute approximate surface area is 94.2 Å². The number of hydrogen-bond acceptors (Lipinski definition) is 2. The van der Waals surface area contributed by atoms with Crippen molar-refractivity contribution in [3.63, 3.8) is 0 Å². The van der Waals surface area contributed by atoms with Gasteiger partial charge in [-0.3, -0.25) is 4.90 Å². The van der Waals surface area contributed by atoms with Crippen molar-refractivity contribution in [1.82, 2.24) is 4.90 Å². The Bertz CT molecular complexity index is 195. The quantitative estimate of drug-likeness (QED) is 0.698. The molecule has 1 unspecified atom stereocenters. The first-order valence-corrected chi connectivity index (χ1v) is 6.68. The maximum absolute atomic E-state index is 5.94. The molecule has 0 radical (unpaired) electrons. The van der Waals surface area contributed by atoms with Gasteiger partial charge in [-0.25, -0.2) is 0 Å². The normalized spacial score (nSPS) is 23.8. The van der Waals surface area contributed by atoms with E-state index in [1.165, 1.54) is 38.6 Å². The fraction of sp³-hybridized carbons (Fsp3) is 1.00. The zero-order valence-corrected chi connectivity index (χ0v) is 10.3. The maximum Gasteiger partial charge on any atom is 0.0249 e. The van der Waals surface area contributed by atoms with E-state index in [-0.39, 0.29) is 0 Å². The van der Waals surface area contributed by atoms with E-state index in [9.17, 15) is 0 Å². The van der Waals surface area contributed by atoms with Crippen LogP contribution in [0.4, 0.5) is 0 Å². The molecule has 2 aliphatic rings. The second-order valence-electron chi connectivity index (χ2n) is 5.79. The number of nitrogens with zero attached hydrogens (tertiary/aromatic N) is 1. The molecular weight excluding hydrogens is 184 g/mol. The molecule has 2 heteroatoms. The van der Waals surface area contributed by atoms with Gasteiger partial charge in [-0.2, -0.15) is 0 Å². The molecule has 0 amide bonds. The summed E-state index contributed by atoms with van der Waals surface area (Å²) in [7, 11) is 0. The zero-order chi connectivity index (χ0) is 10.8. The smallest absolute Gasteiger partial charge is 0.0249 e. The fourth-order valence-electron chi connectivity index (χ4n) is 2.51. The van der Waals surface area contributed by atoms with E-state index in [0.29, 0.717) is 6.04 Å². The fourth-order valence-corrected chi connectivity index (χ4v) is 2.51. The first kappa shape index (κ1) is 11.4. The minimum absolute atomic E-state index is 0.705. The minimum Gasteiger partial charge on any atom is -0.329 e. The van der Waals surface area contributed by atoms with Gasteiger partial charge in [-0.05, 0) is 50.5 Å². The van der Waals surface area contributed by atoms with Crippen LogP contribution < -0.4 is 5.73 Å². The third-order valence-electron chi connectivity index (χ3n) is 3.81. The summed E-state index contributed by atoms with van der Waals surface area (Å²) in [4.78, 5) is 2.73. The minimum atomic E-state index is 0.705. The van der Waals surface area contributed by atoms with E-state index in [0.717, 1.165) is 24.4 Å². The highest BCUT2D eigenvalue weighted by Gasteiger charge is 2.40. The Morgan fingerprint density at radius 2 is 1.87 bits per heavy atom. The van der Waals surface area contributed by atoms with Crippen LogP contribution in [0, 0.1) is 11.8 Å². The van der Waals surface area contributed by atoms with Crippen LogP contribution in [0.5, 0.6) is 0 Å². The highest BCUT2D eigenvalue weighted by atomic mass is 15.2. The lowest BCUT2D eigenvalue weighted by atomic mass is 10.1. The second kappa shape index (κ2) is 4.84. The van der Waals surface area contributed by atoms with Crippen LogP contribution in [0.25, 0.3) is 0 Å². The van der Waals surface area contributed by atoms with E-state index in [1.54, 1.807) is 0 Å². The van der Waals surface area contributed by atoms with Gasteiger partial charge in [0.2, 0.25) is 0 Å². The molecule has 0 aromatic carbocycles. The third-order valence-corrected chi connectivity index (χ3v) is 3.81. The van der Waals surface area contributed by atoms with E-state index >= 15 is 0 Å². The van der Waals surface area contributed by atoms with Crippen LogP contribution in [0.15, 0.2) is 0 Å². The molecular formula is C13H26N2. The van der Waals surface area contributed by atoms with Crippen molar-refractivity contribution in [2.45, 2.75) is 58.0 Å². The summed E-state index contributed by atoms with van der Waals surface area (Å²) >= 11 is 0. The molecule has 2 nitrogen and oxygen atoms in total. The van der Waals surface area contributed by atoms with Crippen molar-refractivity contribution in [3.05, 3.63) is 0 Å². The number of rotatable bonds is 7. The molecule has 2 saturated carbocycles. The van der Waals surface area contributed by atoms with Gasteiger partial charge in [-0.1, -0.05) is 13.8 Å². The van der Waals surface area contributed by atoms with Crippen LogP contribution in [-0.4, -0.2) is 30.1 Å². The summed E-state index contributed by atoms with van der Waals surface area (Å²) in [5, 5.41) is 0. The van der Waals surface area contributed by atoms with Crippen molar-refractivity contribution >= 4 is 0 Å². The lowest BCUT2D eigenvalue weighted by Gasteiger charge is -2.31. The lowest BCUT2D eigenvalue weighted by molar-refractivity contribution is 0.162. The predicted octanol–water partition coefficient (Wildman–Crippen LogP) is 2.23. The number of hydrogen-bond donors (Lipinski definition) is 1. The van der Waals surface area contributed by atoms with Crippen molar-refractivity contribution in [1.29, 1.82) is 0 Å². The SMILES string of the molecule is CC(C)CCN(C1CC1)C(CN)C1CC1. The van der Waals surface area contributed by atoms with E-state index in [1.807, 2.05) is 0 Å². The highest BCUT2D eigenvalue weighted by molar-refractivity contribution is 4.95. The van der Waals surface area contributed by atoms with Crippen LogP contribution in [-0.2, 0) is 0 Å².